The molecule has 9 heteroatoms. The molecular formula is C52H57NO4S4. The van der Waals surface area contributed by atoms with Crippen molar-refractivity contribution in [3.05, 3.63) is 121 Å². The van der Waals surface area contributed by atoms with E-state index in [0.29, 0.717) is 21.0 Å². The zero-order valence-electron chi connectivity index (χ0n) is 36.3. The largest absolute Gasteiger partial charge is 0.481 e. The molecule has 3 N–H and O–H groups in total. The van der Waals surface area contributed by atoms with Crippen molar-refractivity contribution in [2.24, 2.45) is 0 Å². The van der Waals surface area contributed by atoms with E-state index in [4.69, 9.17) is 4.98 Å². The summed E-state index contributed by atoms with van der Waals surface area (Å²) in [6.07, 6.45) is 2.60. The molecule has 2 atom stereocenters. The Hall–Kier alpha value is -3.96. The summed E-state index contributed by atoms with van der Waals surface area (Å²) in [4.78, 5) is 21.4. The van der Waals surface area contributed by atoms with Crippen LogP contribution in [0.2, 0.25) is 0 Å². The summed E-state index contributed by atoms with van der Waals surface area (Å²) in [5.74, 6) is -1.11. The van der Waals surface area contributed by atoms with E-state index in [1.807, 2.05) is 59.3 Å². The first-order valence-electron chi connectivity index (χ1n) is 21.0. The molecule has 0 amide bonds. The molecule has 0 aliphatic heterocycles. The van der Waals surface area contributed by atoms with Crippen LogP contribution in [0.15, 0.2) is 135 Å². The number of benzene rings is 5. The predicted molar refractivity (Wildman–Crippen MR) is 265 cm³/mol. The number of aliphatic hydroxyl groups is 2. The van der Waals surface area contributed by atoms with Crippen LogP contribution in [0.1, 0.15) is 73.8 Å². The first-order chi connectivity index (χ1) is 29.1. The number of hydrogen-bond donors (Lipinski definition) is 3. The van der Waals surface area contributed by atoms with E-state index in [1.54, 1.807) is 6.08 Å². The van der Waals surface area contributed by atoms with Crippen LogP contribution in [0, 0.1) is 0 Å². The van der Waals surface area contributed by atoms with Gasteiger partial charge in [0.25, 0.3) is 0 Å². The molecule has 0 bridgehead atoms. The Bertz CT molecular complexity index is 2430. The van der Waals surface area contributed by atoms with E-state index in [0.717, 1.165) is 61.0 Å². The lowest BCUT2D eigenvalue weighted by atomic mass is 9.83. The summed E-state index contributed by atoms with van der Waals surface area (Å²) in [6.45, 7) is 17.7. The summed E-state index contributed by atoms with van der Waals surface area (Å²) in [5, 5.41) is 33.3. The molecule has 0 aliphatic rings. The van der Waals surface area contributed by atoms with Crippen molar-refractivity contribution in [2.75, 3.05) is 0 Å². The Balaban J connectivity index is 1.69. The van der Waals surface area contributed by atoms with Crippen molar-refractivity contribution in [1.29, 1.82) is 0 Å². The Kier molecular flexibility index (Phi) is 16.3. The number of pyridine rings is 1. The molecule has 0 aliphatic carbocycles. The molecule has 6 rings (SSSR count). The second-order valence-electron chi connectivity index (χ2n) is 16.3. The van der Waals surface area contributed by atoms with Crippen LogP contribution in [0.5, 0.6) is 0 Å². The van der Waals surface area contributed by atoms with E-state index >= 15 is 0 Å². The van der Waals surface area contributed by atoms with Crippen LogP contribution in [0.4, 0.5) is 0 Å². The molecule has 318 valence electrons. The van der Waals surface area contributed by atoms with E-state index < -0.39 is 24.6 Å². The molecule has 0 saturated carbocycles. The minimum Gasteiger partial charge on any atom is -0.481 e. The topological polar surface area (TPSA) is 90.7 Å². The number of aromatic nitrogens is 1. The van der Waals surface area contributed by atoms with Gasteiger partial charge in [0.05, 0.1) is 24.1 Å². The highest BCUT2D eigenvalue weighted by Crippen LogP contribution is 2.48. The molecule has 1 heterocycles. The predicted octanol–water partition coefficient (Wildman–Crippen LogP) is 14.5. The van der Waals surface area contributed by atoms with E-state index in [2.05, 4.69) is 159 Å². The van der Waals surface area contributed by atoms with Gasteiger partial charge < -0.3 is 15.3 Å². The van der Waals surface area contributed by atoms with E-state index in [1.165, 1.54) is 19.6 Å². The summed E-state index contributed by atoms with van der Waals surface area (Å²) in [5.41, 5.74) is 10.1. The summed E-state index contributed by atoms with van der Waals surface area (Å²) in [6, 6.07) is 37.7. The zero-order chi connectivity index (χ0) is 43.8. The van der Waals surface area contributed by atoms with Crippen LogP contribution in [0.3, 0.4) is 0 Å². The lowest BCUT2D eigenvalue weighted by molar-refractivity contribution is -0.139. The van der Waals surface area contributed by atoms with Crippen molar-refractivity contribution in [1.82, 2.24) is 4.98 Å². The number of carboxylic acid groups (broad SMARTS) is 1. The molecular weight excluding hydrogens is 831 g/mol. The van der Waals surface area contributed by atoms with Gasteiger partial charge in [-0.05, 0) is 93.5 Å². The van der Waals surface area contributed by atoms with Gasteiger partial charge in [-0.3, -0.25) is 9.78 Å². The smallest absolute Gasteiger partial charge is 0.305 e. The highest BCUT2D eigenvalue weighted by molar-refractivity contribution is 8.00. The number of rotatable bonds is 18. The van der Waals surface area contributed by atoms with Crippen LogP contribution >= 0.6 is 47.0 Å². The zero-order valence-corrected chi connectivity index (χ0v) is 39.5. The fraction of sp³-hybridized carbons (Fsp3) is 0.308. The van der Waals surface area contributed by atoms with Crippen molar-refractivity contribution in [2.45, 2.75) is 121 Å². The third-order valence-electron chi connectivity index (χ3n) is 9.69. The van der Waals surface area contributed by atoms with Gasteiger partial charge >= 0.3 is 5.97 Å². The maximum Gasteiger partial charge on any atom is 0.305 e. The van der Waals surface area contributed by atoms with Gasteiger partial charge in [0, 0.05) is 69.7 Å². The minimum absolute atomic E-state index is 0.0947. The van der Waals surface area contributed by atoms with Crippen molar-refractivity contribution in [3.8, 4) is 44.5 Å². The molecule has 5 nitrogen and oxygen atoms in total. The third-order valence-corrected chi connectivity index (χ3v) is 13.8. The van der Waals surface area contributed by atoms with Gasteiger partial charge in [0.1, 0.15) is 0 Å². The number of hydrogen-bond acceptors (Lipinski definition) is 8. The fourth-order valence-corrected chi connectivity index (χ4v) is 10.7. The molecule has 0 unspecified atom stereocenters. The molecule has 61 heavy (non-hydrogen) atoms. The average molecular weight is 888 g/mol. The quantitative estimate of drug-likeness (QED) is 0.0730. The molecule has 0 saturated heterocycles. The SMILES string of the molecule is CC(C)Sc1ccc(-c2cc3c(-c4ccc(SC(C)C)cc4)c(C=C[C@@H](O)C[C@@H](O)CC(=O)O)cnc3c(-c3ccc(SC(C)C)cc3)c2-c2ccc(SC(C)C)cc2)cc1. The average Bonchev–Trinajstić information content (AvgIpc) is 3.19. The van der Waals surface area contributed by atoms with Crippen LogP contribution in [-0.2, 0) is 4.79 Å². The monoisotopic (exact) mass is 887 g/mol. The number of carbonyl (C=O) groups is 1. The Labute approximate surface area is 379 Å². The summed E-state index contributed by atoms with van der Waals surface area (Å²) < 4.78 is 0. The Morgan fingerprint density at radius 2 is 0.967 bits per heavy atom. The molecule has 0 spiro atoms. The normalized spacial score (nSPS) is 13.0. The molecule has 0 radical (unpaired) electrons. The second-order valence-corrected chi connectivity index (χ2v) is 22.9. The standard InChI is InChI=1S/C52H57NO4S4/c1-31(2)58-42-19-10-35(11-20-42)46-29-47-49(36-12-21-43(22-13-36)59-32(3)4)39(9-18-40(54)27-41(55)28-48(56)57)30-53-52(47)51(38-16-25-45(26-17-38)61-34(7)8)50(46)37-14-23-44(24-15-37)60-33(5)6/h9-26,29-34,40-41,54-55H,27-28H2,1-8H3,(H,56,57)/t40-,41-/m1/s1. The number of thioether (sulfide) groups is 4. The molecule has 6 aromatic rings. The highest BCUT2D eigenvalue weighted by atomic mass is 32.2. The van der Waals surface area contributed by atoms with Crippen LogP contribution < -0.4 is 0 Å². The van der Waals surface area contributed by atoms with Gasteiger partial charge in [-0.15, -0.1) is 47.0 Å². The maximum absolute atomic E-state index is 11.3. The van der Waals surface area contributed by atoms with Gasteiger partial charge in [0.2, 0.25) is 0 Å². The van der Waals surface area contributed by atoms with Gasteiger partial charge in [-0.2, -0.15) is 0 Å². The second kappa shape index (κ2) is 21.4. The summed E-state index contributed by atoms with van der Waals surface area (Å²) in [7, 11) is 0. The van der Waals surface area contributed by atoms with Crippen LogP contribution in [0.25, 0.3) is 61.5 Å². The lowest BCUT2D eigenvalue weighted by Crippen LogP contribution is -2.19. The Morgan fingerprint density at radius 1 is 0.574 bits per heavy atom. The molecule has 1 aromatic heterocycles. The first-order valence-corrected chi connectivity index (χ1v) is 24.5. The van der Waals surface area contributed by atoms with Gasteiger partial charge in [-0.1, -0.05) is 116 Å². The number of aliphatic hydroxyl groups excluding tert-OH is 2. The maximum atomic E-state index is 11.3. The highest BCUT2D eigenvalue weighted by Gasteiger charge is 2.23. The number of aliphatic carboxylic acids is 1. The van der Waals surface area contributed by atoms with E-state index in [-0.39, 0.29) is 6.42 Å². The minimum atomic E-state index is -1.17. The number of fused-ring (bicyclic) bond motifs is 1. The fourth-order valence-electron chi connectivity index (χ4n) is 7.37. The van der Waals surface area contributed by atoms with Gasteiger partial charge in [0.15, 0.2) is 0 Å². The first kappa shape index (κ1) is 46.5. The van der Waals surface area contributed by atoms with Crippen molar-refractivity contribution in [3.63, 3.8) is 0 Å². The lowest BCUT2D eigenvalue weighted by Gasteiger charge is -2.22. The summed E-state index contributed by atoms with van der Waals surface area (Å²) >= 11 is 7.36. The van der Waals surface area contributed by atoms with E-state index in [9.17, 15) is 20.1 Å². The molecule has 5 aromatic carbocycles. The number of carboxylic acids is 1. The third kappa shape index (κ3) is 12.6. The molecule has 0 fully saturated rings. The van der Waals surface area contributed by atoms with Crippen molar-refractivity contribution < 1.29 is 20.1 Å². The Morgan fingerprint density at radius 3 is 1.38 bits per heavy atom. The van der Waals surface area contributed by atoms with Gasteiger partial charge in [-0.25, -0.2) is 0 Å². The van der Waals surface area contributed by atoms with Crippen molar-refractivity contribution >= 4 is 70.0 Å². The number of nitrogens with zero attached hydrogens (tertiary/aromatic N) is 1. The van der Waals surface area contributed by atoms with Crippen LogP contribution in [-0.4, -0.2) is 59.5 Å².